The standard InChI is InChI=1S/C19H23NO4S/c1-14-9-10-17(25(2,22)23)12-18(14)19(21)20(15-6-3-4-7-15)13-16-8-5-11-24-16/h5,8-12,15H,3-4,6-7,13H2,1-2H3. The van der Waals surface area contributed by atoms with Gasteiger partial charge in [0, 0.05) is 17.9 Å². The molecule has 3 rings (SSSR count). The van der Waals surface area contributed by atoms with Crippen LogP contribution in [-0.2, 0) is 16.4 Å². The number of hydrogen-bond donors (Lipinski definition) is 0. The van der Waals surface area contributed by atoms with E-state index < -0.39 is 9.84 Å². The van der Waals surface area contributed by atoms with Crippen molar-refractivity contribution in [1.29, 1.82) is 0 Å². The van der Waals surface area contributed by atoms with Crippen molar-refractivity contribution in [3.05, 3.63) is 53.5 Å². The molecule has 1 saturated carbocycles. The van der Waals surface area contributed by atoms with Crippen LogP contribution in [0.1, 0.15) is 47.4 Å². The van der Waals surface area contributed by atoms with Gasteiger partial charge in [0.25, 0.3) is 5.91 Å². The first kappa shape index (κ1) is 17.7. The lowest BCUT2D eigenvalue weighted by atomic mass is 10.1. The molecule has 1 aliphatic carbocycles. The topological polar surface area (TPSA) is 67.6 Å². The molecule has 0 atom stereocenters. The third kappa shape index (κ3) is 3.95. The Morgan fingerprint density at radius 3 is 2.56 bits per heavy atom. The smallest absolute Gasteiger partial charge is 0.254 e. The monoisotopic (exact) mass is 361 g/mol. The van der Waals surface area contributed by atoms with Gasteiger partial charge in [-0.15, -0.1) is 0 Å². The van der Waals surface area contributed by atoms with Crippen molar-refractivity contribution in [3.8, 4) is 0 Å². The lowest BCUT2D eigenvalue weighted by molar-refractivity contribution is 0.0648. The predicted molar refractivity (Wildman–Crippen MR) is 95.1 cm³/mol. The van der Waals surface area contributed by atoms with E-state index in [0.29, 0.717) is 12.1 Å². The van der Waals surface area contributed by atoms with Crippen molar-refractivity contribution in [3.63, 3.8) is 0 Å². The maximum Gasteiger partial charge on any atom is 0.254 e. The first-order valence-corrected chi connectivity index (χ1v) is 10.4. The van der Waals surface area contributed by atoms with E-state index in [2.05, 4.69) is 0 Å². The fourth-order valence-corrected chi connectivity index (χ4v) is 4.02. The van der Waals surface area contributed by atoms with Gasteiger partial charge in [0.2, 0.25) is 0 Å². The molecule has 5 nitrogen and oxygen atoms in total. The molecule has 2 aromatic rings. The highest BCUT2D eigenvalue weighted by Gasteiger charge is 2.29. The van der Waals surface area contributed by atoms with Gasteiger partial charge in [-0.05, 0) is 49.6 Å². The van der Waals surface area contributed by atoms with Crippen LogP contribution in [0.15, 0.2) is 45.9 Å². The molecule has 1 aromatic carbocycles. The van der Waals surface area contributed by atoms with E-state index >= 15 is 0 Å². The number of benzene rings is 1. The molecule has 1 fully saturated rings. The maximum atomic E-state index is 13.2. The normalized spacial score (nSPS) is 15.4. The summed E-state index contributed by atoms with van der Waals surface area (Å²) in [5, 5.41) is 0. The van der Waals surface area contributed by atoms with Crippen molar-refractivity contribution in [2.75, 3.05) is 6.26 Å². The summed E-state index contributed by atoms with van der Waals surface area (Å²) in [7, 11) is -3.36. The minimum absolute atomic E-state index is 0.133. The fraction of sp³-hybridized carbons (Fsp3) is 0.421. The first-order valence-electron chi connectivity index (χ1n) is 8.50. The molecule has 0 radical (unpaired) electrons. The quantitative estimate of drug-likeness (QED) is 0.816. The summed E-state index contributed by atoms with van der Waals surface area (Å²) in [6.45, 7) is 2.23. The third-order valence-corrected chi connectivity index (χ3v) is 5.91. The average Bonchev–Trinajstić information content (AvgIpc) is 3.25. The SMILES string of the molecule is Cc1ccc(S(C)(=O)=O)cc1C(=O)N(Cc1ccco1)C1CCCC1. The van der Waals surface area contributed by atoms with Gasteiger partial charge in [0.1, 0.15) is 5.76 Å². The number of carbonyl (C=O) groups excluding carboxylic acids is 1. The number of amides is 1. The summed E-state index contributed by atoms with van der Waals surface area (Å²) in [5.41, 5.74) is 1.22. The summed E-state index contributed by atoms with van der Waals surface area (Å²) in [6.07, 6.45) is 6.91. The van der Waals surface area contributed by atoms with Gasteiger partial charge >= 0.3 is 0 Å². The molecule has 0 spiro atoms. The van der Waals surface area contributed by atoms with E-state index in [0.717, 1.165) is 43.3 Å². The molecule has 1 heterocycles. The number of rotatable bonds is 5. The zero-order valence-corrected chi connectivity index (χ0v) is 15.4. The van der Waals surface area contributed by atoms with Crippen molar-refractivity contribution in [2.45, 2.75) is 50.1 Å². The fourth-order valence-electron chi connectivity index (χ4n) is 3.37. The van der Waals surface area contributed by atoms with Crippen LogP contribution in [0.4, 0.5) is 0 Å². The highest BCUT2D eigenvalue weighted by Crippen LogP contribution is 2.28. The number of sulfone groups is 1. The van der Waals surface area contributed by atoms with Gasteiger partial charge in [-0.2, -0.15) is 0 Å². The van der Waals surface area contributed by atoms with E-state index in [1.807, 2.05) is 24.0 Å². The van der Waals surface area contributed by atoms with Gasteiger partial charge < -0.3 is 9.32 Å². The Bertz CT molecular complexity index is 850. The largest absolute Gasteiger partial charge is 0.467 e. The summed E-state index contributed by atoms with van der Waals surface area (Å²) in [4.78, 5) is 15.3. The van der Waals surface area contributed by atoms with Gasteiger partial charge in [-0.25, -0.2) is 8.42 Å². The van der Waals surface area contributed by atoms with Crippen molar-refractivity contribution in [2.24, 2.45) is 0 Å². The van der Waals surface area contributed by atoms with Gasteiger partial charge in [0.15, 0.2) is 9.84 Å². The number of nitrogens with zero attached hydrogens (tertiary/aromatic N) is 1. The van der Waals surface area contributed by atoms with Crippen LogP contribution in [0, 0.1) is 6.92 Å². The van der Waals surface area contributed by atoms with Crippen LogP contribution in [0.2, 0.25) is 0 Å². The zero-order valence-electron chi connectivity index (χ0n) is 14.6. The Kier molecular flexibility index (Phi) is 4.99. The van der Waals surface area contributed by atoms with E-state index in [1.165, 1.54) is 6.07 Å². The molecular formula is C19H23NO4S. The first-order chi connectivity index (χ1) is 11.9. The minimum Gasteiger partial charge on any atom is -0.467 e. The van der Waals surface area contributed by atoms with Gasteiger partial charge in [-0.3, -0.25) is 4.79 Å². The summed E-state index contributed by atoms with van der Waals surface area (Å²) in [5.74, 6) is 0.600. The Balaban J connectivity index is 1.96. The number of hydrogen-bond acceptors (Lipinski definition) is 4. The second-order valence-electron chi connectivity index (χ2n) is 6.70. The third-order valence-electron chi connectivity index (χ3n) is 4.80. The molecule has 0 N–H and O–H groups in total. The zero-order chi connectivity index (χ0) is 18.0. The maximum absolute atomic E-state index is 13.2. The van der Waals surface area contributed by atoms with Crippen LogP contribution in [0.3, 0.4) is 0 Å². The summed E-state index contributed by atoms with van der Waals surface area (Å²) in [6, 6.07) is 8.57. The van der Waals surface area contributed by atoms with Crippen LogP contribution < -0.4 is 0 Å². The molecule has 0 unspecified atom stereocenters. The molecular weight excluding hydrogens is 338 g/mol. The van der Waals surface area contributed by atoms with Gasteiger partial charge in [-0.1, -0.05) is 18.9 Å². The van der Waals surface area contributed by atoms with E-state index in [1.54, 1.807) is 18.4 Å². The van der Waals surface area contributed by atoms with Crippen LogP contribution in [-0.4, -0.2) is 31.5 Å². The second kappa shape index (κ2) is 7.04. The summed E-state index contributed by atoms with van der Waals surface area (Å²) < 4.78 is 29.2. The Hall–Kier alpha value is -2.08. The molecule has 134 valence electrons. The Morgan fingerprint density at radius 1 is 1.24 bits per heavy atom. The molecule has 0 saturated heterocycles. The lowest BCUT2D eigenvalue weighted by Crippen LogP contribution is -2.38. The highest BCUT2D eigenvalue weighted by atomic mass is 32.2. The number of carbonyl (C=O) groups is 1. The molecule has 0 bridgehead atoms. The van der Waals surface area contributed by atoms with Crippen molar-refractivity contribution in [1.82, 2.24) is 4.90 Å². The number of furan rings is 1. The molecule has 1 aliphatic rings. The molecule has 1 aromatic heterocycles. The minimum atomic E-state index is -3.36. The molecule has 25 heavy (non-hydrogen) atoms. The van der Waals surface area contributed by atoms with Crippen LogP contribution in [0.25, 0.3) is 0 Å². The van der Waals surface area contributed by atoms with Gasteiger partial charge in [0.05, 0.1) is 17.7 Å². The Morgan fingerprint density at radius 2 is 1.96 bits per heavy atom. The van der Waals surface area contributed by atoms with Crippen molar-refractivity contribution >= 4 is 15.7 Å². The van der Waals surface area contributed by atoms with Crippen LogP contribution >= 0.6 is 0 Å². The Labute approximate surface area is 148 Å². The van der Waals surface area contributed by atoms with E-state index in [9.17, 15) is 13.2 Å². The number of aryl methyl sites for hydroxylation is 1. The summed E-state index contributed by atoms with van der Waals surface area (Å²) >= 11 is 0. The highest BCUT2D eigenvalue weighted by molar-refractivity contribution is 7.90. The lowest BCUT2D eigenvalue weighted by Gasteiger charge is -2.29. The van der Waals surface area contributed by atoms with Crippen LogP contribution in [0.5, 0.6) is 0 Å². The average molecular weight is 361 g/mol. The second-order valence-corrected chi connectivity index (χ2v) is 8.72. The molecule has 6 heteroatoms. The van der Waals surface area contributed by atoms with Crippen molar-refractivity contribution < 1.29 is 17.6 Å². The predicted octanol–water partition coefficient (Wildman–Crippen LogP) is 3.58. The van der Waals surface area contributed by atoms with E-state index in [4.69, 9.17) is 4.42 Å². The molecule has 1 amide bonds. The molecule has 0 aliphatic heterocycles. The van der Waals surface area contributed by atoms with E-state index in [-0.39, 0.29) is 16.8 Å².